The number of ether oxygens (including phenoxy) is 2. The lowest BCUT2D eigenvalue weighted by atomic mass is 9.79. The summed E-state index contributed by atoms with van der Waals surface area (Å²) in [5, 5.41) is 3.53. The van der Waals surface area contributed by atoms with Gasteiger partial charge in [0.25, 0.3) is 0 Å². The van der Waals surface area contributed by atoms with E-state index in [1.54, 1.807) is 42.6 Å². The molecule has 0 atom stereocenters. The van der Waals surface area contributed by atoms with Crippen molar-refractivity contribution in [2.45, 2.75) is 12.8 Å². The monoisotopic (exact) mass is 361 g/mol. The van der Waals surface area contributed by atoms with Crippen LogP contribution in [0, 0.1) is 5.41 Å². The maximum Gasteiger partial charge on any atom is 0.232 e. The number of hydrogen-bond acceptors (Lipinski definition) is 5. The Kier molecular flexibility index (Phi) is 5.53. The van der Waals surface area contributed by atoms with Crippen molar-refractivity contribution in [2.75, 3.05) is 25.1 Å². The number of amides is 1. The number of nitrogens with one attached hydrogen (secondary N) is 1. The van der Waals surface area contributed by atoms with Crippen LogP contribution in [-0.4, -0.2) is 30.6 Å². The van der Waals surface area contributed by atoms with Gasteiger partial charge >= 0.3 is 0 Å². The van der Waals surface area contributed by atoms with Crippen LogP contribution < -0.4 is 15.8 Å². The van der Waals surface area contributed by atoms with Gasteiger partial charge in [0, 0.05) is 30.8 Å². The predicted molar refractivity (Wildman–Crippen MR) is 95.9 cm³/mol. The van der Waals surface area contributed by atoms with Gasteiger partial charge in [0.05, 0.1) is 17.3 Å². The van der Waals surface area contributed by atoms with Gasteiger partial charge in [0.15, 0.2) is 0 Å². The highest BCUT2D eigenvalue weighted by Crippen LogP contribution is 2.31. The number of nitrogens with two attached hydrogens (primary N) is 1. The summed E-state index contributed by atoms with van der Waals surface area (Å²) in [7, 11) is 0. The van der Waals surface area contributed by atoms with E-state index in [1.165, 1.54) is 0 Å². The molecule has 1 aromatic heterocycles. The number of halogens is 1. The molecule has 1 aliphatic heterocycles. The second-order valence-electron chi connectivity index (χ2n) is 5.99. The first-order valence-corrected chi connectivity index (χ1v) is 8.48. The zero-order chi connectivity index (χ0) is 17.7. The van der Waals surface area contributed by atoms with Gasteiger partial charge in [-0.25, -0.2) is 4.98 Å². The highest BCUT2D eigenvalue weighted by atomic mass is 35.5. The largest absolute Gasteiger partial charge is 0.439 e. The lowest BCUT2D eigenvalue weighted by molar-refractivity contribution is -0.130. The average Bonchev–Trinajstić information content (AvgIpc) is 2.65. The van der Waals surface area contributed by atoms with E-state index in [1.807, 2.05) is 0 Å². The summed E-state index contributed by atoms with van der Waals surface area (Å²) in [6, 6.07) is 10.5. The zero-order valence-corrected chi connectivity index (χ0v) is 14.5. The highest BCUT2D eigenvalue weighted by molar-refractivity contribution is 6.30. The van der Waals surface area contributed by atoms with Gasteiger partial charge in [-0.3, -0.25) is 4.79 Å². The number of carbonyl (C=O) groups excluding carboxylic acids is 1. The van der Waals surface area contributed by atoms with Crippen molar-refractivity contribution in [1.82, 2.24) is 4.98 Å². The maximum atomic E-state index is 12.6. The molecule has 1 aromatic carbocycles. The number of nitrogens with zero attached hydrogens (tertiary/aromatic N) is 1. The van der Waals surface area contributed by atoms with Crippen molar-refractivity contribution in [3.8, 4) is 11.6 Å². The number of anilines is 1. The number of pyridine rings is 1. The normalized spacial score (nSPS) is 16.2. The van der Waals surface area contributed by atoms with Crippen LogP contribution >= 0.6 is 11.6 Å². The minimum Gasteiger partial charge on any atom is -0.439 e. The van der Waals surface area contributed by atoms with Gasteiger partial charge < -0.3 is 20.5 Å². The van der Waals surface area contributed by atoms with Gasteiger partial charge in [0.2, 0.25) is 11.8 Å². The van der Waals surface area contributed by atoms with Gasteiger partial charge in [-0.15, -0.1) is 0 Å². The molecule has 132 valence electrons. The number of hydrogen-bond donors (Lipinski definition) is 2. The Balaban J connectivity index is 1.63. The second-order valence-corrected chi connectivity index (χ2v) is 6.43. The Morgan fingerprint density at radius 3 is 2.56 bits per heavy atom. The topological polar surface area (TPSA) is 86.5 Å². The van der Waals surface area contributed by atoms with Crippen molar-refractivity contribution >= 4 is 23.2 Å². The summed E-state index contributed by atoms with van der Waals surface area (Å²) in [5.74, 6) is 0.976. The van der Waals surface area contributed by atoms with E-state index in [-0.39, 0.29) is 5.91 Å². The van der Waals surface area contributed by atoms with E-state index < -0.39 is 5.41 Å². The average molecular weight is 362 g/mol. The van der Waals surface area contributed by atoms with Gasteiger partial charge in [0.1, 0.15) is 5.75 Å². The molecule has 2 aromatic rings. The van der Waals surface area contributed by atoms with E-state index in [9.17, 15) is 4.79 Å². The van der Waals surface area contributed by atoms with E-state index in [0.29, 0.717) is 54.9 Å². The minimum absolute atomic E-state index is 0.0912. The molecule has 0 saturated carbocycles. The van der Waals surface area contributed by atoms with Crippen LogP contribution in [0.2, 0.25) is 5.02 Å². The molecule has 6 nitrogen and oxygen atoms in total. The Morgan fingerprint density at radius 1 is 1.24 bits per heavy atom. The van der Waals surface area contributed by atoms with Crippen molar-refractivity contribution in [2.24, 2.45) is 11.1 Å². The lowest BCUT2D eigenvalue weighted by Gasteiger charge is -2.34. The van der Waals surface area contributed by atoms with Crippen molar-refractivity contribution in [3.63, 3.8) is 0 Å². The van der Waals surface area contributed by atoms with Crippen molar-refractivity contribution in [1.29, 1.82) is 0 Å². The molecule has 7 heteroatoms. The summed E-state index contributed by atoms with van der Waals surface area (Å²) in [6.45, 7) is 1.40. The Morgan fingerprint density at radius 2 is 1.96 bits per heavy atom. The Labute approximate surface area is 151 Å². The van der Waals surface area contributed by atoms with Gasteiger partial charge in [-0.2, -0.15) is 0 Å². The molecular formula is C18H20ClN3O3. The first-order chi connectivity index (χ1) is 12.1. The van der Waals surface area contributed by atoms with Crippen LogP contribution in [0.15, 0.2) is 42.6 Å². The fourth-order valence-electron chi connectivity index (χ4n) is 2.69. The summed E-state index contributed by atoms with van der Waals surface area (Å²) < 4.78 is 11.0. The molecule has 1 saturated heterocycles. The molecule has 2 heterocycles. The Bertz CT molecular complexity index is 713. The second kappa shape index (κ2) is 7.82. The third-order valence-electron chi connectivity index (χ3n) is 4.35. The van der Waals surface area contributed by atoms with Gasteiger partial charge in [-0.1, -0.05) is 11.6 Å². The molecule has 1 amide bonds. The molecule has 3 rings (SSSR count). The van der Waals surface area contributed by atoms with E-state index in [2.05, 4.69) is 10.3 Å². The zero-order valence-electron chi connectivity index (χ0n) is 13.7. The van der Waals surface area contributed by atoms with Crippen LogP contribution in [0.1, 0.15) is 12.8 Å². The molecule has 0 spiro atoms. The van der Waals surface area contributed by atoms with Crippen molar-refractivity contribution in [3.05, 3.63) is 47.6 Å². The summed E-state index contributed by atoms with van der Waals surface area (Å²) in [5.41, 5.74) is 5.88. The van der Waals surface area contributed by atoms with Crippen LogP contribution in [0.3, 0.4) is 0 Å². The molecule has 3 N–H and O–H groups in total. The predicted octanol–water partition coefficient (Wildman–Crippen LogP) is 3.22. The molecule has 0 bridgehead atoms. The van der Waals surface area contributed by atoms with E-state index in [4.69, 9.17) is 26.8 Å². The highest BCUT2D eigenvalue weighted by Gasteiger charge is 2.38. The number of benzene rings is 1. The summed E-state index contributed by atoms with van der Waals surface area (Å²) in [4.78, 5) is 16.8. The quantitative estimate of drug-likeness (QED) is 0.853. The van der Waals surface area contributed by atoms with E-state index >= 15 is 0 Å². The third-order valence-corrected chi connectivity index (χ3v) is 4.60. The molecule has 1 fully saturated rings. The van der Waals surface area contributed by atoms with Crippen LogP contribution in [0.5, 0.6) is 11.6 Å². The summed E-state index contributed by atoms with van der Waals surface area (Å²) >= 11 is 5.84. The molecule has 0 unspecified atom stereocenters. The molecule has 0 aliphatic carbocycles. The summed E-state index contributed by atoms with van der Waals surface area (Å²) in [6.07, 6.45) is 2.81. The Hall–Kier alpha value is -2.15. The fourth-order valence-corrected chi connectivity index (χ4v) is 2.81. The SMILES string of the molecule is NCC1(C(=O)Nc2ccc(Oc3ccc(Cl)cc3)nc2)CCOCC1. The minimum atomic E-state index is -0.573. The standard InChI is InChI=1S/C18H20ClN3O3/c19-13-1-4-15(5-2-13)25-16-6-3-14(11-21-16)22-17(23)18(12-20)7-9-24-10-8-18/h1-6,11H,7-10,12,20H2,(H,22,23). The third kappa shape index (κ3) is 4.28. The van der Waals surface area contributed by atoms with Crippen molar-refractivity contribution < 1.29 is 14.3 Å². The smallest absolute Gasteiger partial charge is 0.232 e. The van der Waals surface area contributed by atoms with Gasteiger partial charge in [-0.05, 0) is 43.2 Å². The van der Waals surface area contributed by atoms with E-state index in [0.717, 1.165) is 0 Å². The van der Waals surface area contributed by atoms with Crippen LogP contribution in [0.25, 0.3) is 0 Å². The van der Waals surface area contributed by atoms with Crippen LogP contribution in [0.4, 0.5) is 5.69 Å². The molecule has 0 radical (unpaired) electrons. The first kappa shape index (κ1) is 17.7. The molecular weight excluding hydrogens is 342 g/mol. The number of carbonyl (C=O) groups is 1. The fraction of sp³-hybridized carbons (Fsp3) is 0.333. The molecule has 25 heavy (non-hydrogen) atoms. The lowest BCUT2D eigenvalue weighted by Crippen LogP contribution is -2.46. The maximum absolute atomic E-state index is 12.6. The number of rotatable bonds is 5. The number of aromatic nitrogens is 1. The van der Waals surface area contributed by atoms with Crippen LogP contribution in [-0.2, 0) is 9.53 Å². The molecule has 1 aliphatic rings. The first-order valence-electron chi connectivity index (χ1n) is 8.10.